The fourth-order valence-electron chi connectivity index (χ4n) is 1.03. The van der Waals surface area contributed by atoms with Crippen molar-refractivity contribution in [3.8, 4) is 0 Å². The van der Waals surface area contributed by atoms with Crippen LogP contribution in [-0.4, -0.2) is 30.4 Å². The second-order valence-electron chi connectivity index (χ2n) is 2.47. The van der Waals surface area contributed by atoms with Crippen molar-refractivity contribution in [3.05, 3.63) is 11.9 Å². The highest BCUT2D eigenvalue weighted by Gasteiger charge is 2.22. The Morgan fingerprint density at radius 3 is 3.08 bits per heavy atom. The second kappa shape index (κ2) is 2.81. The molecule has 2 aliphatic rings. The van der Waals surface area contributed by atoms with Crippen molar-refractivity contribution in [1.29, 1.82) is 0 Å². The summed E-state index contributed by atoms with van der Waals surface area (Å²) in [5.41, 5.74) is 0.552. The lowest BCUT2D eigenvalue weighted by Crippen LogP contribution is -2.36. The van der Waals surface area contributed by atoms with Crippen molar-refractivity contribution in [2.24, 2.45) is 9.98 Å². The van der Waals surface area contributed by atoms with Gasteiger partial charge in [-0.1, -0.05) is 0 Å². The van der Waals surface area contributed by atoms with Crippen molar-refractivity contribution in [3.63, 3.8) is 0 Å². The van der Waals surface area contributed by atoms with Gasteiger partial charge in [-0.3, -0.25) is 9.59 Å². The Hall–Kier alpha value is -1.98. The zero-order valence-corrected chi connectivity index (χ0v) is 6.57. The largest absolute Gasteiger partial charge is 0.372 e. The SMILES string of the molecule is O=CC(=O)C1=NC2=CNCNC2=N1. The van der Waals surface area contributed by atoms with Crippen LogP contribution in [0.5, 0.6) is 0 Å². The molecule has 6 heteroatoms. The number of carbonyl (C=O) groups is 2. The Morgan fingerprint density at radius 2 is 2.38 bits per heavy atom. The Balaban J connectivity index is 2.32. The molecule has 0 saturated carbocycles. The lowest BCUT2D eigenvalue weighted by atomic mass is 10.4. The molecule has 0 spiro atoms. The number of rotatable bonds is 2. The zero-order chi connectivity index (χ0) is 9.26. The van der Waals surface area contributed by atoms with Crippen LogP contribution in [0.2, 0.25) is 0 Å². The summed E-state index contributed by atoms with van der Waals surface area (Å²) in [5, 5.41) is 5.75. The summed E-state index contributed by atoms with van der Waals surface area (Å²) >= 11 is 0. The predicted octanol–water partition coefficient (Wildman–Crippen LogP) is -1.44. The molecule has 2 N–H and O–H groups in total. The first kappa shape index (κ1) is 7.66. The standard InChI is InChI=1S/C7H6N4O2/c12-2-5(13)7-10-4-1-8-3-9-6(4)11-7/h1-2,8H,3H2,(H,9,10,11). The number of Topliss-reactive ketones (excluding diaryl/α,β-unsaturated/α-hetero) is 1. The maximum absolute atomic E-state index is 10.9. The number of amidine groups is 2. The van der Waals surface area contributed by atoms with Gasteiger partial charge in [-0.25, -0.2) is 9.98 Å². The van der Waals surface area contributed by atoms with Gasteiger partial charge in [0, 0.05) is 6.20 Å². The van der Waals surface area contributed by atoms with Crippen LogP contribution in [0, 0.1) is 0 Å². The van der Waals surface area contributed by atoms with Crippen LogP contribution in [0.3, 0.4) is 0 Å². The summed E-state index contributed by atoms with van der Waals surface area (Å²) < 4.78 is 0. The topological polar surface area (TPSA) is 82.9 Å². The van der Waals surface area contributed by atoms with Gasteiger partial charge in [0.15, 0.2) is 12.1 Å². The molecule has 2 aliphatic heterocycles. The number of nitrogens with one attached hydrogen (secondary N) is 2. The van der Waals surface area contributed by atoms with Crippen LogP contribution in [-0.2, 0) is 9.59 Å². The monoisotopic (exact) mass is 178 g/mol. The summed E-state index contributed by atoms with van der Waals surface area (Å²) in [7, 11) is 0. The summed E-state index contributed by atoms with van der Waals surface area (Å²) in [4.78, 5) is 28.7. The third-order valence-corrected chi connectivity index (χ3v) is 1.61. The summed E-state index contributed by atoms with van der Waals surface area (Å²) in [6.07, 6.45) is 1.84. The van der Waals surface area contributed by atoms with E-state index < -0.39 is 5.78 Å². The molecular weight excluding hydrogens is 172 g/mol. The van der Waals surface area contributed by atoms with Gasteiger partial charge >= 0.3 is 0 Å². The molecule has 0 aromatic heterocycles. The molecule has 2 rings (SSSR count). The lowest BCUT2D eigenvalue weighted by Gasteiger charge is -2.11. The van der Waals surface area contributed by atoms with E-state index in [2.05, 4.69) is 20.6 Å². The third kappa shape index (κ3) is 1.22. The Labute approximate surface area is 73.4 Å². The van der Waals surface area contributed by atoms with Gasteiger partial charge in [0.05, 0.1) is 6.67 Å². The number of fused-ring (bicyclic) bond motifs is 1. The van der Waals surface area contributed by atoms with E-state index in [1.807, 2.05) is 0 Å². The number of aldehydes is 1. The molecule has 13 heavy (non-hydrogen) atoms. The summed E-state index contributed by atoms with van der Waals surface area (Å²) in [5.74, 6) is -0.235. The first-order valence-electron chi connectivity index (χ1n) is 3.66. The molecular formula is C7H6N4O2. The van der Waals surface area contributed by atoms with E-state index in [1.165, 1.54) is 0 Å². The van der Waals surface area contributed by atoms with E-state index in [9.17, 15) is 9.59 Å². The van der Waals surface area contributed by atoms with Gasteiger partial charge in [-0.05, 0) is 0 Å². The minimum Gasteiger partial charge on any atom is -0.372 e. The summed E-state index contributed by atoms with van der Waals surface area (Å²) in [6, 6.07) is 0. The minimum absolute atomic E-state index is 0.0625. The fraction of sp³-hybridized carbons (Fsp3) is 0.143. The molecule has 66 valence electrons. The van der Waals surface area contributed by atoms with Crippen LogP contribution < -0.4 is 10.6 Å². The Morgan fingerprint density at radius 1 is 1.54 bits per heavy atom. The first-order valence-corrected chi connectivity index (χ1v) is 3.66. The highest BCUT2D eigenvalue weighted by atomic mass is 16.2. The quantitative estimate of drug-likeness (QED) is 0.400. The first-order chi connectivity index (χ1) is 6.31. The summed E-state index contributed by atoms with van der Waals surface area (Å²) in [6.45, 7) is 0.542. The molecule has 0 fully saturated rings. The molecule has 0 aliphatic carbocycles. The zero-order valence-electron chi connectivity index (χ0n) is 6.57. The van der Waals surface area contributed by atoms with Gasteiger partial charge < -0.3 is 10.6 Å². The molecule has 0 amide bonds. The molecule has 0 aromatic carbocycles. The van der Waals surface area contributed by atoms with E-state index in [0.29, 0.717) is 18.2 Å². The number of ketones is 1. The highest BCUT2D eigenvalue weighted by Crippen LogP contribution is 2.09. The predicted molar refractivity (Wildman–Crippen MR) is 45.2 cm³/mol. The van der Waals surface area contributed by atoms with Gasteiger partial charge in [0.25, 0.3) is 5.78 Å². The molecule has 0 saturated heterocycles. The lowest BCUT2D eigenvalue weighted by molar-refractivity contribution is -0.125. The van der Waals surface area contributed by atoms with Gasteiger partial charge in [0.2, 0.25) is 5.84 Å². The normalized spacial score (nSPS) is 18.6. The van der Waals surface area contributed by atoms with Crippen molar-refractivity contribution in [1.82, 2.24) is 10.6 Å². The molecule has 0 radical (unpaired) electrons. The third-order valence-electron chi connectivity index (χ3n) is 1.61. The molecule has 0 atom stereocenters. The van der Waals surface area contributed by atoms with Gasteiger partial charge in [-0.2, -0.15) is 0 Å². The van der Waals surface area contributed by atoms with Crippen LogP contribution in [0.4, 0.5) is 0 Å². The molecule has 0 bridgehead atoms. The average molecular weight is 178 g/mol. The van der Waals surface area contributed by atoms with Gasteiger partial charge in [-0.15, -0.1) is 0 Å². The van der Waals surface area contributed by atoms with E-state index in [-0.39, 0.29) is 12.1 Å². The van der Waals surface area contributed by atoms with E-state index in [4.69, 9.17) is 0 Å². The Bertz CT molecular complexity index is 364. The molecule has 6 nitrogen and oxygen atoms in total. The average Bonchev–Trinajstić information content (AvgIpc) is 2.59. The van der Waals surface area contributed by atoms with Crippen LogP contribution in [0.1, 0.15) is 0 Å². The smallest absolute Gasteiger partial charge is 0.262 e. The Kier molecular flexibility index (Phi) is 1.66. The molecule has 2 heterocycles. The van der Waals surface area contributed by atoms with E-state index in [1.54, 1.807) is 6.20 Å². The number of nitrogens with zero attached hydrogens (tertiary/aromatic N) is 2. The second-order valence-corrected chi connectivity index (χ2v) is 2.47. The maximum Gasteiger partial charge on any atom is 0.262 e. The minimum atomic E-state index is -0.704. The van der Waals surface area contributed by atoms with Crippen LogP contribution in [0.15, 0.2) is 21.9 Å². The fourth-order valence-corrected chi connectivity index (χ4v) is 1.03. The van der Waals surface area contributed by atoms with Crippen molar-refractivity contribution in [2.45, 2.75) is 0 Å². The number of hydrogen-bond acceptors (Lipinski definition) is 6. The maximum atomic E-state index is 10.9. The van der Waals surface area contributed by atoms with Gasteiger partial charge in [0.1, 0.15) is 5.70 Å². The van der Waals surface area contributed by atoms with Crippen LogP contribution in [0.25, 0.3) is 0 Å². The molecule has 0 aromatic rings. The van der Waals surface area contributed by atoms with Crippen molar-refractivity contribution in [2.75, 3.05) is 6.67 Å². The number of carbonyl (C=O) groups excluding carboxylic acids is 2. The number of hydrogen-bond donors (Lipinski definition) is 2. The van der Waals surface area contributed by atoms with Crippen molar-refractivity contribution < 1.29 is 9.59 Å². The van der Waals surface area contributed by atoms with E-state index in [0.717, 1.165) is 0 Å². The number of aliphatic imine (C=N–C) groups is 2. The van der Waals surface area contributed by atoms with E-state index >= 15 is 0 Å². The van der Waals surface area contributed by atoms with Crippen molar-refractivity contribution >= 4 is 23.7 Å². The van der Waals surface area contributed by atoms with Crippen LogP contribution >= 0.6 is 0 Å². The molecule has 0 unspecified atom stereocenters. The highest BCUT2D eigenvalue weighted by molar-refractivity contribution is 6.60.